The molecule has 1 aromatic carbocycles. The molecule has 1 aliphatic heterocycles. The second-order valence-corrected chi connectivity index (χ2v) is 5.19. The molecule has 0 radical (unpaired) electrons. The van der Waals surface area contributed by atoms with E-state index in [0.717, 1.165) is 12.2 Å². The lowest BCUT2D eigenvalue weighted by Gasteiger charge is -2.19. The summed E-state index contributed by atoms with van der Waals surface area (Å²) in [5.41, 5.74) is 1.35. The van der Waals surface area contributed by atoms with Gasteiger partial charge in [-0.1, -0.05) is 0 Å². The van der Waals surface area contributed by atoms with Crippen molar-refractivity contribution in [2.24, 2.45) is 0 Å². The van der Waals surface area contributed by atoms with E-state index in [1.807, 2.05) is 19.9 Å². The van der Waals surface area contributed by atoms with Crippen LogP contribution in [0.2, 0.25) is 0 Å². The smallest absolute Gasteiger partial charge is 0.326 e. The number of fused-ring (bicyclic) bond motifs is 1. The molecule has 2 aromatic rings. The summed E-state index contributed by atoms with van der Waals surface area (Å²) < 4.78 is 10.9. The van der Waals surface area contributed by atoms with Gasteiger partial charge < -0.3 is 20.1 Å². The highest BCUT2D eigenvalue weighted by molar-refractivity contribution is 5.98. The number of aryl methyl sites for hydroxylation is 1. The minimum Gasteiger partial charge on any atom is -0.486 e. The highest BCUT2D eigenvalue weighted by Gasteiger charge is 2.13. The topological polar surface area (TPSA) is 97.4 Å². The Labute approximate surface area is 139 Å². The summed E-state index contributed by atoms with van der Waals surface area (Å²) in [4.78, 5) is 20.6. The average molecular weight is 329 g/mol. The summed E-state index contributed by atoms with van der Waals surface area (Å²) in [5.74, 6) is 2.19. The summed E-state index contributed by atoms with van der Waals surface area (Å²) >= 11 is 0. The lowest BCUT2D eigenvalue weighted by molar-refractivity contribution is 0.171. The van der Waals surface area contributed by atoms with E-state index in [0.29, 0.717) is 36.2 Å². The van der Waals surface area contributed by atoms with E-state index in [1.54, 1.807) is 18.2 Å². The number of carbonyl (C=O) groups is 1. The Hall–Kier alpha value is -3.03. The van der Waals surface area contributed by atoms with Crippen LogP contribution >= 0.6 is 0 Å². The zero-order chi connectivity index (χ0) is 16.9. The Morgan fingerprint density at radius 2 is 1.92 bits per heavy atom. The predicted octanol–water partition coefficient (Wildman–Crippen LogP) is 2.63. The number of hydrogen-bond acceptors (Lipinski definition) is 6. The molecule has 1 aliphatic rings. The van der Waals surface area contributed by atoms with Crippen LogP contribution in [0.5, 0.6) is 11.5 Å². The monoisotopic (exact) mass is 329 g/mol. The third-order valence-corrected chi connectivity index (χ3v) is 3.24. The molecule has 0 unspecified atom stereocenters. The van der Waals surface area contributed by atoms with Crippen LogP contribution < -0.4 is 25.4 Å². The van der Waals surface area contributed by atoms with Gasteiger partial charge in [-0.15, -0.1) is 0 Å². The maximum Gasteiger partial charge on any atom is 0.326 e. The van der Waals surface area contributed by atoms with Gasteiger partial charge in [-0.3, -0.25) is 5.32 Å². The SMILES string of the molecule is CCNc1cc(C)nc(NC(=O)Nc2ccc3c(c2)OCCO3)n1. The lowest BCUT2D eigenvalue weighted by atomic mass is 10.2. The molecule has 0 spiro atoms. The molecule has 3 N–H and O–H groups in total. The number of carbonyl (C=O) groups excluding carboxylic acids is 1. The van der Waals surface area contributed by atoms with Crippen LogP contribution in [0.3, 0.4) is 0 Å². The number of urea groups is 1. The average Bonchev–Trinajstić information content (AvgIpc) is 2.54. The number of nitrogens with zero attached hydrogens (tertiary/aromatic N) is 2. The summed E-state index contributed by atoms with van der Waals surface area (Å²) in [6.45, 7) is 5.57. The highest BCUT2D eigenvalue weighted by atomic mass is 16.6. The number of nitrogens with one attached hydrogen (secondary N) is 3. The van der Waals surface area contributed by atoms with Gasteiger partial charge in [-0.25, -0.2) is 9.78 Å². The van der Waals surface area contributed by atoms with Gasteiger partial charge in [-0.2, -0.15) is 4.98 Å². The minimum absolute atomic E-state index is 0.237. The maximum atomic E-state index is 12.1. The van der Waals surface area contributed by atoms with Crippen LogP contribution in [0, 0.1) is 6.92 Å². The van der Waals surface area contributed by atoms with Crippen LogP contribution in [0.15, 0.2) is 24.3 Å². The first-order valence-electron chi connectivity index (χ1n) is 7.71. The zero-order valence-electron chi connectivity index (χ0n) is 13.5. The van der Waals surface area contributed by atoms with Crippen molar-refractivity contribution in [2.75, 3.05) is 35.7 Å². The van der Waals surface area contributed by atoms with Gasteiger partial charge in [0.25, 0.3) is 0 Å². The van der Waals surface area contributed by atoms with Gasteiger partial charge >= 0.3 is 6.03 Å². The molecule has 8 heteroatoms. The first kappa shape index (κ1) is 15.9. The van der Waals surface area contributed by atoms with Crippen molar-refractivity contribution in [1.29, 1.82) is 0 Å². The zero-order valence-corrected chi connectivity index (χ0v) is 13.5. The van der Waals surface area contributed by atoms with E-state index < -0.39 is 6.03 Å². The Morgan fingerprint density at radius 3 is 2.71 bits per heavy atom. The van der Waals surface area contributed by atoms with Crippen molar-refractivity contribution in [1.82, 2.24) is 9.97 Å². The summed E-state index contributed by atoms with van der Waals surface area (Å²) in [6, 6.07) is 6.60. The Balaban J connectivity index is 1.67. The van der Waals surface area contributed by atoms with Gasteiger partial charge in [0.2, 0.25) is 5.95 Å². The van der Waals surface area contributed by atoms with Gasteiger partial charge in [-0.05, 0) is 26.0 Å². The van der Waals surface area contributed by atoms with Gasteiger partial charge in [0.05, 0.1) is 0 Å². The van der Waals surface area contributed by atoms with Crippen molar-refractivity contribution < 1.29 is 14.3 Å². The molecule has 2 heterocycles. The van der Waals surface area contributed by atoms with E-state index in [4.69, 9.17) is 9.47 Å². The van der Waals surface area contributed by atoms with Gasteiger partial charge in [0.1, 0.15) is 19.0 Å². The second-order valence-electron chi connectivity index (χ2n) is 5.19. The summed E-state index contributed by atoms with van der Waals surface area (Å²) in [7, 11) is 0. The van der Waals surface area contributed by atoms with E-state index in [2.05, 4.69) is 25.9 Å². The van der Waals surface area contributed by atoms with Crippen molar-refractivity contribution in [3.05, 3.63) is 30.0 Å². The fourth-order valence-corrected chi connectivity index (χ4v) is 2.28. The van der Waals surface area contributed by atoms with Crippen LogP contribution in [-0.4, -0.2) is 35.8 Å². The number of anilines is 3. The molecular weight excluding hydrogens is 310 g/mol. The van der Waals surface area contributed by atoms with Crippen LogP contribution in [0.4, 0.5) is 22.2 Å². The lowest BCUT2D eigenvalue weighted by Crippen LogP contribution is -2.22. The molecule has 3 rings (SSSR count). The Morgan fingerprint density at radius 1 is 1.12 bits per heavy atom. The number of ether oxygens (including phenoxy) is 2. The molecule has 0 saturated carbocycles. The highest BCUT2D eigenvalue weighted by Crippen LogP contribution is 2.32. The fraction of sp³-hybridized carbons (Fsp3) is 0.312. The fourth-order valence-electron chi connectivity index (χ4n) is 2.28. The molecule has 8 nitrogen and oxygen atoms in total. The summed E-state index contributed by atoms with van der Waals surface area (Å²) in [5, 5.41) is 8.44. The first-order valence-corrected chi connectivity index (χ1v) is 7.71. The van der Waals surface area contributed by atoms with E-state index in [-0.39, 0.29) is 5.95 Å². The number of aromatic nitrogens is 2. The van der Waals surface area contributed by atoms with Gasteiger partial charge in [0, 0.05) is 30.1 Å². The minimum atomic E-state index is -0.431. The standard InChI is InChI=1S/C16H19N5O3/c1-3-17-14-8-10(2)18-15(20-14)21-16(22)19-11-4-5-12-13(9-11)24-7-6-23-12/h4-5,8-9H,3,6-7H2,1-2H3,(H3,17,18,19,20,21,22). The molecule has 0 fully saturated rings. The van der Waals surface area contributed by atoms with Gasteiger partial charge in [0.15, 0.2) is 11.5 Å². The van der Waals surface area contributed by atoms with E-state index >= 15 is 0 Å². The van der Waals surface area contributed by atoms with E-state index in [1.165, 1.54) is 0 Å². The molecule has 2 amide bonds. The van der Waals surface area contributed by atoms with Crippen molar-refractivity contribution in [3.8, 4) is 11.5 Å². The van der Waals surface area contributed by atoms with Crippen LogP contribution in [0.1, 0.15) is 12.6 Å². The molecule has 0 saturated heterocycles. The molecule has 0 aliphatic carbocycles. The molecular formula is C16H19N5O3. The predicted molar refractivity (Wildman–Crippen MR) is 91.0 cm³/mol. The number of amides is 2. The third kappa shape index (κ3) is 3.83. The molecule has 0 atom stereocenters. The normalized spacial score (nSPS) is 12.4. The summed E-state index contributed by atoms with van der Waals surface area (Å²) in [6.07, 6.45) is 0. The third-order valence-electron chi connectivity index (χ3n) is 3.24. The molecule has 24 heavy (non-hydrogen) atoms. The van der Waals surface area contributed by atoms with Crippen LogP contribution in [0.25, 0.3) is 0 Å². The quantitative estimate of drug-likeness (QED) is 0.798. The Kier molecular flexibility index (Phi) is 4.64. The van der Waals surface area contributed by atoms with Crippen molar-refractivity contribution >= 4 is 23.5 Å². The molecule has 126 valence electrons. The number of hydrogen-bond donors (Lipinski definition) is 3. The Bertz CT molecular complexity index is 750. The van der Waals surface area contributed by atoms with Crippen molar-refractivity contribution in [3.63, 3.8) is 0 Å². The second kappa shape index (κ2) is 7.03. The maximum absolute atomic E-state index is 12.1. The van der Waals surface area contributed by atoms with Crippen molar-refractivity contribution in [2.45, 2.75) is 13.8 Å². The molecule has 1 aromatic heterocycles. The number of rotatable bonds is 4. The largest absolute Gasteiger partial charge is 0.486 e. The van der Waals surface area contributed by atoms with E-state index in [9.17, 15) is 4.79 Å². The molecule has 0 bridgehead atoms. The van der Waals surface area contributed by atoms with Crippen LogP contribution in [-0.2, 0) is 0 Å². The number of benzene rings is 1. The first-order chi connectivity index (χ1) is 11.6.